The zero-order valence-corrected chi connectivity index (χ0v) is 12.0. The number of benzene rings is 1. The van der Waals surface area contributed by atoms with Crippen LogP contribution in [0.5, 0.6) is 0 Å². The van der Waals surface area contributed by atoms with Gasteiger partial charge in [0, 0.05) is 20.3 Å². The van der Waals surface area contributed by atoms with Crippen LogP contribution in [0.4, 0.5) is 4.39 Å². The summed E-state index contributed by atoms with van der Waals surface area (Å²) in [6.45, 7) is 0. The minimum Gasteiger partial charge on any atom is -0.365 e. The molecule has 0 aliphatic heterocycles. The number of nitrogens with zero attached hydrogens (tertiary/aromatic N) is 1. The van der Waals surface area contributed by atoms with Gasteiger partial charge in [0.2, 0.25) is 5.43 Å². The maximum atomic E-state index is 13.1. The van der Waals surface area contributed by atoms with Crippen molar-refractivity contribution in [2.75, 3.05) is 7.05 Å². The molecule has 6 nitrogen and oxygen atoms in total. The van der Waals surface area contributed by atoms with Crippen LogP contribution in [0, 0.1) is 5.82 Å². The lowest BCUT2D eigenvalue weighted by molar-refractivity contribution is 0.0950. The number of amides is 2. The highest BCUT2D eigenvalue weighted by molar-refractivity contribution is 6.01. The summed E-state index contributed by atoms with van der Waals surface area (Å²) in [5.41, 5.74) is 4.67. The van der Waals surface area contributed by atoms with Crippen molar-refractivity contribution in [3.63, 3.8) is 0 Å². The van der Waals surface area contributed by atoms with Gasteiger partial charge < -0.3 is 15.6 Å². The van der Waals surface area contributed by atoms with Gasteiger partial charge in [0.1, 0.15) is 17.1 Å². The molecule has 22 heavy (non-hydrogen) atoms. The lowest BCUT2D eigenvalue weighted by Gasteiger charge is -2.14. The number of hydrogen-bond acceptors (Lipinski definition) is 3. The Morgan fingerprint density at radius 1 is 1.23 bits per heavy atom. The molecule has 0 spiro atoms. The van der Waals surface area contributed by atoms with Crippen LogP contribution < -0.4 is 16.5 Å². The molecule has 0 bridgehead atoms. The smallest absolute Gasteiger partial charge is 0.268 e. The van der Waals surface area contributed by atoms with Crippen LogP contribution >= 0.6 is 0 Å². The first-order valence-corrected chi connectivity index (χ1v) is 6.38. The zero-order valence-electron chi connectivity index (χ0n) is 12.0. The van der Waals surface area contributed by atoms with E-state index in [0.717, 1.165) is 0 Å². The fourth-order valence-electron chi connectivity index (χ4n) is 2.19. The maximum Gasteiger partial charge on any atom is 0.268 e. The SMILES string of the molecule is CNC(=O)c1c(-c2ccc(F)cc2)c(=O)c(C(N)=O)cn1C. The number of hydrogen-bond donors (Lipinski definition) is 2. The third-order valence-corrected chi connectivity index (χ3v) is 3.22. The average molecular weight is 303 g/mol. The number of nitrogens with two attached hydrogens (primary N) is 1. The summed E-state index contributed by atoms with van der Waals surface area (Å²) in [5.74, 6) is -1.88. The highest BCUT2D eigenvalue weighted by Gasteiger charge is 2.22. The van der Waals surface area contributed by atoms with Gasteiger partial charge in [-0.3, -0.25) is 14.4 Å². The number of carbonyl (C=O) groups excluding carboxylic acids is 2. The van der Waals surface area contributed by atoms with Gasteiger partial charge in [-0.25, -0.2) is 4.39 Å². The topological polar surface area (TPSA) is 94.2 Å². The van der Waals surface area contributed by atoms with Crippen LogP contribution in [0.25, 0.3) is 11.1 Å². The number of nitrogens with one attached hydrogen (secondary N) is 1. The van der Waals surface area contributed by atoms with Gasteiger partial charge in [-0.1, -0.05) is 12.1 Å². The number of aryl methyl sites for hydroxylation is 1. The molecule has 0 saturated carbocycles. The first-order chi connectivity index (χ1) is 10.4. The molecule has 0 radical (unpaired) electrons. The monoisotopic (exact) mass is 303 g/mol. The Kier molecular flexibility index (Phi) is 4.07. The predicted octanol–water partition coefficient (Wildman–Crippen LogP) is 0.650. The van der Waals surface area contributed by atoms with E-state index in [0.29, 0.717) is 5.56 Å². The van der Waals surface area contributed by atoms with Crippen molar-refractivity contribution in [2.45, 2.75) is 0 Å². The molecule has 7 heteroatoms. The molecule has 0 aliphatic carbocycles. The molecule has 0 unspecified atom stereocenters. The second kappa shape index (κ2) is 5.80. The Balaban J connectivity index is 2.88. The van der Waals surface area contributed by atoms with Crippen LogP contribution in [0.3, 0.4) is 0 Å². The summed E-state index contributed by atoms with van der Waals surface area (Å²) >= 11 is 0. The number of pyridine rings is 1. The van der Waals surface area contributed by atoms with Crippen LogP contribution in [-0.2, 0) is 7.05 Å². The number of carbonyl (C=O) groups is 2. The molecule has 114 valence electrons. The van der Waals surface area contributed by atoms with Gasteiger partial charge in [0.15, 0.2) is 0 Å². The summed E-state index contributed by atoms with van der Waals surface area (Å²) in [4.78, 5) is 36.0. The molecule has 3 N–H and O–H groups in total. The van der Waals surface area contributed by atoms with Gasteiger partial charge in [0.05, 0.1) is 5.56 Å². The molecule has 0 atom stereocenters. The second-order valence-electron chi connectivity index (χ2n) is 4.66. The van der Waals surface area contributed by atoms with E-state index < -0.39 is 23.1 Å². The van der Waals surface area contributed by atoms with E-state index in [2.05, 4.69) is 5.32 Å². The standard InChI is InChI=1S/C15H14FN3O3/c1-18-15(22)12-11(8-3-5-9(16)6-4-8)13(20)10(14(17)21)7-19(12)2/h3-7H,1-2H3,(H2,17,21)(H,18,22). The summed E-state index contributed by atoms with van der Waals surface area (Å²) in [6, 6.07) is 5.06. The normalized spacial score (nSPS) is 10.3. The number of halogens is 1. The predicted molar refractivity (Wildman–Crippen MR) is 79.0 cm³/mol. The molecule has 0 saturated heterocycles. The van der Waals surface area contributed by atoms with Crippen molar-refractivity contribution >= 4 is 11.8 Å². The third kappa shape index (κ3) is 2.60. The first kappa shape index (κ1) is 15.4. The lowest BCUT2D eigenvalue weighted by atomic mass is 10.00. The van der Waals surface area contributed by atoms with Crippen molar-refractivity contribution < 1.29 is 14.0 Å². The fourth-order valence-corrected chi connectivity index (χ4v) is 2.19. The molecule has 1 aromatic heterocycles. The van der Waals surface area contributed by atoms with E-state index in [1.54, 1.807) is 0 Å². The summed E-state index contributed by atoms with van der Waals surface area (Å²) < 4.78 is 14.4. The zero-order chi connectivity index (χ0) is 16.4. The molecule has 2 rings (SSSR count). The second-order valence-corrected chi connectivity index (χ2v) is 4.66. The minimum atomic E-state index is -0.896. The number of rotatable bonds is 3. The van der Waals surface area contributed by atoms with E-state index in [4.69, 9.17) is 5.73 Å². The number of aromatic nitrogens is 1. The minimum absolute atomic E-state index is 0.00171. The molecule has 2 amide bonds. The van der Waals surface area contributed by atoms with Gasteiger partial charge in [-0.05, 0) is 17.7 Å². The lowest BCUT2D eigenvalue weighted by Crippen LogP contribution is -2.31. The first-order valence-electron chi connectivity index (χ1n) is 6.38. The fraction of sp³-hybridized carbons (Fsp3) is 0.133. The van der Waals surface area contributed by atoms with Gasteiger partial charge in [-0.15, -0.1) is 0 Å². The molecular formula is C15H14FN3O3. The molecule has 1 heterocycles. The van der Waals surface area contributed by atoms with Crippen molar-refractivity contribution in [3.05, 3.63) is 57.8 Å². The largest absolute Gasteiger partial charge is 0.365 e. The van der Waals surface area contributed by atoms with E-state index in [1.165, 1.54) is 49.1 Å². The van der Waals surface area contributed by atoms with Crippen LogP contribution in [-0.4, -0.2) is 23.4 Å². The highest BCUT2D eigenvalue weighted by Crippen LogP contribution is 2.21. The van der Waals surface area contributed by atoms with E-state index >= 15 is 0 Å². The summed E-state index contributed by atoms with van der Waals surface area (Å²) in [7, 11) is 2.94. The van der Waals surface area contributed by atoms with Gasteiger partial charge in [0.25, 0.3) is 11.8 Å². The molecule has 0 fully saturated rings. The molecule has 1 aromatic carbocycles. The molecular weight excluding hydrogens is 289 g/mol. The van der Waals surface area contributed by atoms with Crippen molar-refractivity contribution in [1.82, 2.24) is 9.88 Å². The Morgan fingerprint density at radius 2 is 1.82 bits per heavy atom. The van der Waals surface area contributed by atoms with Gasteiger partial charge in [-0.2, -0.15) is 0 Å². The average Bonchev–Trinajstić information content (AvgIpc) is 2.48. The Hall–Kier alpha value is -2.96. The van der Waals surface area contributed by atoms with Crippen LogP contribution in [0.15, 0.2) is 35.3 Å². The maximum absolute atomic E-state index is 13.1. The Labute approximate surface area is 125 Å². The van der Waals surface area contributed by atoms with Crippen LogP contribution in [0.1, 0.15) is 20.8 Å². The molecule has 2 aromatic rings. The van der Waals surface area contributed by atoms with Crippen LogP contribution in [0.2, 0.25) is 0 Å². The van der Waals surface area contributed by atoms with Crippen molar-refractivity contribution in [1.29, 1.82) is 0 Å². The third-order valence-electron chi connectivity index (χ3n) is 3.22. The van der Waals surface area contributed by atoms with E-state index in [1.807, 2.05) is 0 Å². The Morgan fingerprint density at radius 3 is 2.32 bits per heavy atom. The highest BCUT2D eigenvalue weighted by atomic mass is 19.1. The molecule has 0 aliphatic rings. The quantitative estimate of drug-likeness (QED) is 0.871. The Bertz CT molecular complexity index is 810. The number of primary amides is 1. The van der Waals surface area contributed by atoms with Crippen molar-refractivity contribution in [2.24, 2.45) is 12.8 Å². The summed E-state index contributed by atoms with van der Waals surface area (Å²) in [6.07, 6.45) is 1.21. The van der Waals surface area contributed by atoms with Crippen molar-refractivity contribution in [3.8, 4) is 11.1 Å². The van der Waals surface area contributed by atoms with Gasteiger partial charge >= 0.3 is 0 Å². The summed E-state index contributed by atoms with van der Waals surface area (Å²) in [5, 5.41) is 2.43. The van der Waals surface area contributed by atoms with E-state index in [9.17, 15) is 18.8 Å². The van der Waals surface area contributed by atoms with E-state index in [-0.39, 0.29) is 16.8 Å².